The zero-order chi connectivity index (χ0) is 17.3. The summed E-state index contributed by atoms with van der Waals surface area (Å²) in [5.74, 6) is -0.483. The first-order valence-corrected chi connectivity index (χ1v) is 7.30. The topological polar surface area (TPSA) is 96.2 Å². The van der Waals surface area contributed by atoms with E-state index in [0.29, 0.717) is 16.6 Å². The largest absolute Gasteiger partial charge is 0.502 e. The summed E-state index contributed by atoms with van der Waals surface area (Å²) in [7, 11) is 0. The molecule has 1 aromatic heterocycles. The fourth-order valence-electron chi connectivity index (χ4n) is 2.36. The molecule has 1 heterocycles. The number of hydrogen-bond donors (Lipinski definition) is 2. The summed E-state index contributed by atoms with van der Waals surface area (Å²) in [6.45, 7) is 0. The van der Waals surface area contributed by atoms with Gasteiger partial charge >= 0.3 is 5.69 Å². The number of aromatic hydroxyl groups is 1. The highest BCUT2D eigenvalue weighted by atomic mass is 35.5. The number of para-hydroxylation sites is 1. The molecule has 3 aromatic rings. The minimum Gasteiger partial charge on any atom is -0.502 e. The van der Waals surface area contributed by atoms with Crippen LogP contribution in [0.2, 0.25) is 5.02 Å². The lowest BCUT2D eigenvalue weighted by Crippen LogP contribution is -2.02. The third-order valence-electron chi connectivity index (χ3n) is 3.48. The molecule has 0 fully saturated rings. The number of H-pyrrole nitrogens is 1. The monoisotopic (exact) mass is 342 g/mol. The quantitative estimate of drug-likeness (QED) is 0.556. The Morgan fingerprint density at radius 3 is 2.67 bits per heavy atom. The second-order valence-electron chi connectivity index (χ2n) is 5.09. The van der Waals surface area contributed by atoms with Gasteiger partial charge in [0.15, 0.2) is 5.43 Å². The molecular weight excluding hydrogens is 332 g/mol. The summed E-state index contributed by atoms with van der Waals surface area (Å²) in [5.41, 5.74) is 0.731. The predicted molar refractivity (Wildman–Crippen MR) is 93.3 cm³/mol. The number of aromatic amines is 1. The second kappa shape index (κ2) is 6.17. The minimum absolute atomic E-state index is 0.131. The molecular formula is C17H11ClN2O4. The van der Waals surface area contributed by atoms with Crippen molar-refractivity contribution in [2.45, 2.75) is 0 Å². The highest BCUT2D eigenvalue weighted by molar-refractivity contribution is 6.31. The average Bonchev–Trinajstić information content (AvgIpc) is 2.55. The highest BCUT2D eigenvalue weighted by Gasteiger charge is 2.17. The van der Waals surface area contributed by atoms with Crippen LogP contribution in [0.3, 0.4) is 0 Å². The van der Waals surface area contributed by atoms with Crippen LogP contribution in [0.5, 0.6) is 5.75 Å². The van der Waals surface area contributed by atoms with Crippen LogP contribution in [0.1, 0.15) is 11.3 Å². The smallest absolute Gasteiger partial charge is 0.312 e. The van der Waals surface area contributed by atoms with E-state index in [9.17, 15) is 20.0 Å². The van der Waals surface area contributed by atoms with Crippen LogP contribution in [0.15, 0.2) is 47.3 Å². The molecule has 0 aliphatic carbocycles. The molecule has 3 rings (SSSR count). The van der Waals surface area contributed by atoms with E-state index in [2.05, 4.69) is 4.98 Å². The Bertz CT molecular complexity index is 1040. The predicted octanol–water partition coefficient (Wildman–Crippen LogP) is 3.97. The molecule has 0 aliphatic rings. The molecule has 7 heteroatoms. The molecule has 0 spiro atoms. The number of halogens is 1. The Kier molecular flexibility index (Phi) is 4.05. The van der Waals surface area contributed by atoms with Gasteiger partial charge < -0.3 is 10.1 Å². The van der Waals surface area contributed by atoms with Crippen LogP contribution in [-0.2, 0) is 0 Å². The van der Waals surface area contributed by atoms with Crippen LogP contribution < -0.4 is 5.43 Å². The van der Waals surface area contributed by atoms with Crippen LogP contribution in [0.4, 0.5) is 5.69 Å². The summed E-state index contributed by atoms with van der Waals surface area (Å²) >= 11 is 5.84. The van der Waals surface area contributed by atoms with E-state index in [-0.39, 0.29) is 16.0 Å². The molecule has 0 radical (unpaired) electrons. The zero-order valence-corrected chi connectivity index (χ0v) is 12.9. The summed E-state index contributed by atoms with van der Waals surface area (Å²) in [5, 5.41) is 21.6. The first-order valence-electron chi connectivity index (χ1n) is 6.93. The van der Waals surface area contributed by atoms with E-state index in [4.69, 9.17) is 11.6 Å². The van der Waals surface area contributed by atoms with E-state index in [1.165, 1.54) is 18.2 Å². The normalized spacial score (nSPS) is 11.2. The van der Waals surface area contributed by atoms with Crippen LogP contribution >= 0.6 is 11.6 Å². The van der Waals surface area contributed by atoms with Gasteiger partial charge in [0.25, 0.3) is 0 Å². The number of fused-ring (bicyclic) bond motifs is 1. The van der Waals surface area contributed by atoms with Gasteiger partial charge in [-0.05, 0) is 30.4 Å². The number of nitrogens with one attached hydrogen (secondary N) is 1. The van der Waals surface area contributed by atoms with Crippen molar-refractivity contribution in [3.05, 3.63) is 79.1 Å². The van der Waals surface area contributed by atoms with Crippen molar-refractivity contribution in [2.24, 2.45) is 0 Å². The number of nitrogens with zero attached hydrogens (tertiary/aromatic N) is 1. The lowest BCUT2D eigenvalue weighted by Gasteiger charge is -2.03. The highest BCUT2D eigenvalue weighted by Crippen LogP contribution is 2.34. The molecule has 0 aliphatic heterocycles. The second-order valence-corrected chi connectivity index (χ2v) is 5.52. The van der Waals surface area contributed by atoms with Crippen LogP contribution in [-0.4, -0.2) is 15.0 Å². The van der Waals surface area contributed by atoms with Crippen LogP contribution in [0.25, 0.3) is 23.1 Å². The van der Waals surface area contributed by atoms with Crippen molar-refractivity contribution in [3.63, 3.8) is 0 Å². The number of hydrogen-bond acceptors (Lipinski definition) is 4. The lowest BCUT2D eigenvalue weighted by atomic mass is 10.1. The van der Waals surface area contributed by atoms with Crippen LogP contribution in [0, 0.1) is 10.1 Å². The van der Waals surface area contributed by atoms with Gasteiger partial charge in [-0.1, -0.05) is 23.7 Å². The number of aromatic nitrogens is 1. The number of phenols is 1. The third kappa shape index (κ3) is 3.00. The molecule has 0 atom stereocenters. The number of nitro benzene ring substituents is 1. The Labute approximate surface area is 140 Å². The molecule has 0 bridgehead atoms. The fourth-order valence-corrected chi connectivity index (χ4v) is 2.58. The molecule has 6 nitrogen and oxygen atoms in total. The number of rotatable bonds is 3. The van der Waals surface area contributed by atoms with E-state index in [1.807, 2.05) is 0 Å². The molecule has 0 saturated heterocycles. The van der Waals surface area contributed by atoms with Gasteiger partial charge in [-0.25, -0.2) is 0 Å². The Morgan fingerprint density at radius 1 is 1.17 bits per heavy atom. The zero-order valence-electron chi connectivity index (χ0n) is 12.2. The van der Waals surface area contributed by atoms with Gasteiger partial charge in [-0.15, -0.1) is 0 Å². The van der Waals surface area contributed by atoms with Gasteiger partial charge in [-0.2, -0.15) is 0 Å². The van der Waals surface area contributed by atoms with E-state index in [0.717, 1.165) is 6.07 Å². The van der Waals surface area contributed by atoms with Crippen molar-refractivity contribution >= 4 is 40.3 Å². The Morgan fingerprint density at radius 2 is 1.92 bits per heavy atom. The number of phenolic OH excluding ortho intramolecular Hbond substituents is 1. The van der Waals surface area contributed by atoms with Crippen molar-refractivity contribution in [1.82, 2.24) is 4.98 Å². The van der Waals surface area contributed by atoms with Crippen molar-refractivity contribution in [1.29, 1.82) is 0 Å². The molecule has 120 valence electrons. The van der Waals surface area contributed by atoms with Gasteiger partial charge in [0.2, 0.25) is 5.75 Å². The molecule has 0 unspecified atom stereocenters. The van der Waals surface area contributed by atoms with Gasteiger partial charge in [0, 0.05) is 39.3 Å². The molecule has 24 heavy (non-hydrogen) atoms. The summed E-state index contributed by atoms with van der Waals surface area (Å²) in [6, 6.07) is 11.0. The van der Waals surface area contributed by atoms with Crippen molar-refractivity contribution in [3.8, 4) is 5.75 Å². The van der Waals surface area contributed by atoms with E-state index in [1.54, 1.807) is 30.3 Å². The summed E-state index contributed by atoms with van der Waals surface area (Å²) in [4.78, 5) is 25.3. The lowest BCUT2D eigenvalue weighted by molar-refractivity contribution is -0.385. The molecule has 0 amide bonds. The van der Waals surface area contributed by atoms with Crippen molar-refractivity contribution < 1.29 is 10.0 Å². The van der Waals surface area contributed by atoms with Gasteiger partial charge in [0.1, 0.15) is 0 Å². The first kappa shape index (κ1) is 15.8. The summed E-state index contributed by atoms with van der Waals surface area (Å²) in [6.07, 6.45) is 3.00. The average molecular weight is 343 g/mol. The van der Waals surface area contributed by atoms with Crippen molar-refractivity contribution in [2.75, 3.05) is 0 Å². The van der Waals surface area contributed by atoms with Gasteiger partial charge in [-0.3, -0.25) is 14.9 Å². The first-order chi connectivity index (χ1) is 11.5. The standard InChI is InChI=1S/C17H11ClN2O4/c18-11-7-10(17(22)15(8-11)20(23)24)5-6-12-9-16(21)13-3-1-2-4-14(13)19-12/h1-9,22H,(H,19,21)/b6-5+. The van der Waals surface area contributed by atoms with E-state index < -0.39 is 16.4 Å². The maximum atomic E-state index is 12.1. The maximum Gasteiger partial charge on any atom is 0.312 e. The number of pyridine rings is 1. The molecule has 2 N–H and O–H groups in total. The fraction of sp³-hybridized carbons (Fsp3) is 0. The third-order valence-corrected chi connectivity index (χ3v) is 3.70. The Hall–Kier alpha value is -3.12. The maximum absolute atomic E-state index is 12.1. The van der Waals surface area contributed by atoms with Gasteiger partial charge in [0.05, 0.1) is 4.92 Å². The molecule has 0 saturated carbocycles. The number of nitro groups is 1. The minimum atomic E-state index is -0.712. The molecule has 2 aromatic carbocycles. The number of benzene rings is 2. The van der Waals surface area contributed by atoms with E-state index >= 15 is 0 Å². The Balaban J connectivity index is 2.06. The SMILES string of the molecule is O=c1cc(/C=C/c2cc(Cl)cc([N+](=O)[O-])c2O)[nH]c2ccccc12. The summed E-state index contributed by atoms with van der Waals surface area (Å²) < 4.78 is 0.